The molecule has 1 aliphatic rings. The normalized spacial score (nSPS) is 14.1. The molecule has 2 amide bonds. The first-order valence-corrected chi connectivity index (χ1v) is 8.72. The largest absolute Gasteiger partial charge is 0.433 e. The molecule has 11 nitrogen and oxygen atoms in total. The van der Waals surface area contributed by atoms with E-state index in [1.165, 1.54) is 22.7 Å². The first-order valence-electron chi connectivity index (χ1n) is 7.73. The zero-order valence-electron chi connectivity index (χ0n) is 13.8. The van der Waals surface area contributed by atoms with Crippen LogP contribution in [-0.2, 0) is 11.8 Å². The number of carbonyl (C=O) groups excluding carboxylic acids is 2. The second-order valence-electron chi connectivity index (χ2n) is 5.67. The Labute approximate surface area is 151 Å². The summed E-state index contributed by atoms with van der Waals surface area (Å²) in [5.74, 6) is -0.801. The molecule has 1 fully saturated rings. The molecule has 138 valence electrons. The molecule has 26 heavy (non-hydrogen) atoms. The molecule has 0 unspecified atom stereocenters. The Hall–Kier alpha value is -2.89. The van der Waals surface area contributed by atoms with Gasteiger partial charge in [0.25, 0.3) is 5.91 Å². The smallest absolute Gasteiger partial charge is 0.395 e. The molecule has 0 aromatic carbocycles. The summed E-state index contributed by atoms with van der Waals surface area (Å²) in [6.07, 6.45) is 1.61. The highest BCUT2D eigenvalue weighted by Gasteiger charge is 2.37. The van der Waals surface area contributed by atoms with Crippen molar-refractivity contribution in [3.8, 4) is 0 Å². The van der Waals surface area contributed by atoms with Crippen molar-refractivity contribution in [2.75, 3.05) is 25.4 Å². The third kappa shape index (κ3) is 3.85. The zero-order chi connectivity index (χ0) is 18.7. The van der Waals surface area contributed by atoms with E-state index in [0.717, 1.165) is 11.2 Å². The van der Waals surface area contributed by atoms with Crippen LogP contribution in [0.2, 0.25) is 0 Å². The predicted molar refractivity (Wildman–Crippen MR) is 89.5 cm³/mol. The number of nitro groups is 1. The fraction of sp³-hybridized carbons (Fsp3) is 0.429. The van der Waals surface area contributed by atoms with Crippen LogP contribution in [0.3, 0.4) is 0 Å². The lowest BCUT2D eigenvalue weighted by atomic mass is 9.99. The van der Waals surface area contributed by atoms with Gasteiger partial charge in [0.05, 0.1) is 12.0 Å². The SMILES string of the molecule is Cn1cnnc1SCCNC(=O)C1CN(C(=O)c2ccc([N+](=O)[O-])o2)C1. The minimum Gasteiger partial charge on any atom is -0.395 e. The van der Waals surface area contributed by atoms with E-state index in [1.54, 1.807) is 10.9 Å². The molecule has 0 radical (unpaired) electrons. The third-order valence-corrected chi connectivity index (χ3v) is 4.86. The van der Waals surface area contributed by atoms with Crippen molar-refractivity contribution in [2.45, 2.75) is 5.16 Å². The van der Waals surface area contributed by atoms with Gasteiger partial charge in [0.15, 0.2) is 10.9 Å². The molecule has 1 aliphatic heterocycles. The zero-order valence-corrected chi connectivity index (χ0v) is 14.6. The molecule has 2 aromatic heterocycles. The Bertz CT molecular complexity index is 827. The molecule has 3 rings (SSSR count). The molecule has 0 saturated carbocycles. The van der Waals surface area contributed by atoms with E-state index >= 15 is 0 Å². The van der Waals surface area contributed by atoms with E-state index < -0.39 is 16.7 Å². The minimum atomic E-state index is -0.706. The third-order valence-electron chi connectivity index (χ3n) is 3.82. The van der Waals surface area contributed by atoms with Gasteiger partial charge in [-0.3, -0.25) is 19.7 Å². The average Bonchev–Trinajstić information content (AvgIpc) is 3.19. The molecule has 12 heteroatoms. The molecule has 1 saturated heterocycles. The number of hydrogen-bond acceptors (Lipinski definition) is 8. The number of furan rings is 1. The first kappa shape index (κ1) is 17.9. The summed E-state index contributed by atoms with van der Waals surface area (Å²) in [4.78, 5) is 35.4. The van der Waals surface area contributed by atoms with E-state index in [2.05, 4.69) is 15.5 Å². The Morgan fingerprint density at radius 1 is 1.46 bits per heavy atom. The van der Waals surface area contributed by atoms with Gasteiger partial charge in [0.2, 0.25) is 5.91 Å². The van der Waals surface area contributed by atoms with Crippen LogP contribution < -0.4 is 5.32 Å². The predicted octanol–water partition coefficient (Wildman–Crippen LogP) is 0.297. The van der Waals surface area contributed by atoms with Crippen molar-refractivity contribution in [3.05, 3.63) is 34.3 Å². The van der Waals surface area contributed by atoms with Crippen LogP contribution in [0.4, 0.5) is 5.88 Å². The van der Waals surface area contributed by atoms with E-state index in [-0.39, 0.29) is 30.7 Å². The van der Waals surface area contributed by atoms with Gasteiger partial charge in [-0.2, -0.15) is 0 Å². The lowest BCUT2D eigenvalue weighted by Crippen LogP contribution is -2.55. The summed E-state index contributed by atoms with van der Waals surface area (Å²) >= 11 is 1.48. The summed E-state index contributed by atoms with van der Waals surface area (Å²) in [6, 6.07) is 2.39. The Kier molecular flexibility index (Phi) is 5.21. The molecular formula is C14H16N6O5S. The maximum absolute atomic E-state index is 12.1. The maximum atomic E-state index is 12.1. The van der Waals surface area contributed by atoms with Crippen molar-refractivity contribution in [1.82, 2.24) is 25.0 Å². The summed E-state index contributed by atoms with van der Waals surface area (Å²) in [6.45, 7) is 0.996. The van der Waals surface area contributed by atoms with Crippen molar-refractivity contribution in [3.63, 3.8) is 0 Å². The van der Waals surface area contributed by atoms with Gasteiger partial charge in [-0.25, -0.2) is 0 Å². The van der Waals surface area contributed by atoms with E-state index in [9.17, 15) is 19.7 Å². The summed E-state index contributed by atoms with van der Waals surface area (Å²) < 4.78 is 6.67. The summed E-state index contributed by atoms with van der Waals surface area (Å²) in [7, 11) is 1.84. The van der Waals surface area contributed by atoms with E-state index in [0.29, 0.717) is 12.3 Å². The highest BCUT2D eigenvalue weighted by atomic mass is 32.2. The monoisotopic (exact) mass is 380 g/mol. The Morgan fingerprint density at radius 3 is 2.85 bits per heavy atom. The van der Waals surface area contributed by atoms with Crippen LogP contribution in [0.25, 0.3) is 0 Å². The van der Waals surface area contributed by atoms with Crippen LogP contribution in [0, 0.1) is 16.0 Å². The molecule has 2 aromatic rings. The summed E-state index contributed by atoms with van der Waals surface area (Å²) in [5, 5.41) is 21.9. The quantitative estimate of drug-likeness (QED) is 0.313. The topological polar surface area (TPSA) is 136 Å². The Balaban J connectivity index is 1.38. The van der Waals surface area contributed by atoms with E-state index in [1.807, 2.05) is 7.05 Å². The van der Waals surface area contributed by atoms with Crippen molar-refractivity contribution < 1.29 is 18.9 Å². The van der Waals surface area contributed by atoms with Gasteiger partial charge in [-0.05, 0) is 6.07 Å². The second-order valence-corrected chi connectivity index (χ2v) is 6.73. The number of nitrogens with one attached hydrogen (secondary N) is 1. The Morgan fingerprint density at radius 2 is 2.23 bits per heavy atom. The number of carbonyl (C=O) groups is 2. The number of aromatic nitrogens is 3. The van der Waals surface area contributed by atoms with Crippen LogP contribution in [0.1, 0.15) is 10.6 Å². The van der Waals surface area contributed by atoms with Crippen molar-refractivity contribution in [1.29, 1.82) is 0 Å². The molecule has 1 N–H and O–H groups in total. The number of nitrogens with zero attached hydrogens (tertiary/aromatic N) is 5. The van der Waals surface area contributed by atoms with Gasteiger partial charge >= 0.3 is 5.88 Å². The molecule has 0 bridgehead atoms. The number of amides is 2. The van der Waals surface area contributed by atoms with Gasteiger partial charge in [0.1, 0.15) is 11.3 Å². The van der Waals surface area contributed by atoms with Crippen LogP contribution in [-0.4, -0.2) is 61.8 Å². The molecular weight excluding hydrogens is 364 g/mol. The number of hydrogen-bond donors (Lipinski definition) is 1. The van der Waals surface area contributed by atoms with Gasteiger partial charge in [-0.15, -0.1) is 10.2 Å². The fourth-order valence-corrected chi connectivity index (χ4v) is 3.11. The minimum absolute atomic E-state index is 0.101. The molecule has 0 atom stereocenters. The van der Waals surface area contributed by atoms with Crippen molar-refractivity contribution in [2.24, 2.45) is 13.0 Å². The molecule has 0 spiro atoms. The highest BCUT2D eigenvalue weighted by molar-refractivity contribution is 7.99. The number of aryl methyl sites for hydroxylation is 1. The average molecular weight is 380 g/mol. The fourth-order valence-electron chi connectivity index (χ4n) is 2.37. The van der Waals surface area contributed by atoms with Crippen molar-refractivity contribution >= 4 is 29.5 Å². The van der Waals surface area contributed by atoms with Gasteiger partial charge < -0.3 is 19.2 Å². The molecule has 3 heterocycles. The number of thioether (sulfide) groups is 1. The lowest BCUT2D eigenvalue weighted by molar-refractivity contribution is -0.402. The second kappa shape index (κ2) is 7.56. The van der Waals surface area contributed by atoms with Crippen LogP contribution in [0.5, 0.6) is 0 Å². The number of rotatable bonds is 7. The van der Waals surface area contributed by atoms with Crippen LogP contribution >= 0.6 is 11.8 Å². The van der Waals surface area contributed by atoms with Gasteiger partial charge in [0, 0.05) is 32.4 Å². The maximum Gasteiger partial charge on any atom is 0.433 e. The number of likely N-dealkylation sites (tertiary alicyclic amines) is 1. The van der Waals surface area contributed by atoms with E-state index in [4.69, 9.17) is 4.42 Å². The standard InChI is InChI=1S/C14H16N6O5S/c1-18-8-16-17-14(18)26-5-4-15-12(21)9-6-19(7-9)13(22)10-2-3-11(25-10)20(23)24/h2-3,8-9H,4-7H2,1H3,(H,15,21). The lowest BCUT2D eigenvalue weighted by Gasteiger charge is -2.37. The van der Waals surface area contributed by atoms with Crippen LogP contribution in [0.15, 0.2) is 28.0 Å². The van der Waals surface area contributed by atoms with Gasteiger partial charge in [-0.1, -0.05) is 11.8 Å². The highest BCUT2D eigenvalue weighted by Crippen LogP contribution is 2.22. The molecule has 0 aliphatic carbocycles. The first-order chi connectivity index (χ1) is 12.5. The summed E-state index contributed by atoms with van der Waals surface area (Å²) in [5.41, 5.74) is 0.